The lowest BCUT2D eigenvalue weighted by Crippen LogP contribution is -2.64. The van der Waals surface area contributed by atoms with E-state index in [9.17, 15) is 4.79 Å². The van der Waals surface area contributed by atoms with E-state index >= 15 is 0 Å². The van der Waals surface area contributed by atoms with E-state index in [4.69, 9.17) is 19.2 Å². The molecule has 0 saturated carbocycles. The molecular formula is C24H30N4O4S. The molecule has 9 heteroatoms. The monoisotopic (exact) mass is 470 g/mol. The maximum absolute atomic E-state index is 13.2. The van der Waals surface area contributed by atoms with Gasteiger partial charge in [0.15, 0.2) is 11.5 Å². The molecule has 0 aliphatic carbocycles. The molecule has 0 amide bonds. The number of hydrogen-bond donors (Lipinski definition) is 1. The Bertz CT molecular complexity index is 1120. The van der Waals surface area contributed by atoms with E-state index in [1.54, 1.807) is 25.6 Å². The predicted octanol–water partition coefficient (Wildman–Crippen LogP) is 3.65. The van der Waals surface area contributed by atoms with Gasteiger partial charge < -0.3 is 19.1 Å². The minimum Gasteiger partial charge on any atom is -0.493 e. The van der Waals surface area contributed by atoms with Crippen molar-refractivity contribution in [2.24, 2.45) is 5.92 Å². The summed E-state index contributed by atoms with van der Waals surface area (Å²) in [5.74, 6) is 1.80. The second kappa shape index (κ2) is 9.93. The van der Waals surface area contributed by atoms with Gasteiger partial charge in [-0.05, 0) is 42.5 Å². The van der Waals surface area contributed by atoms with Crippen LogP contribution in [0.1, 0.15) is 25.8 Å². The third kappa shape index (κ3) is 4.60. The van der Waals surface area contributed by atoms with Gasteiger partial charge in [0.05, 0.1) is 20.8 Å². The number of carbonyl (C=O) groups excluding carboxylic acids is 1. The van der Waals surface area contributed by atoms with Gasteiger partial charge in [-0.1, -0.05) is 13.0 Å². The van der Waals surface area contributed by atoms with Crippen molar-refractivity contribution in [2.45, 2.75) is 32.4 Å². The molecule has 2 aromatic heterocycles. The van der Waals surface area contributed by atoms with Crippen molar-refractivity contribution >= 4 is 33.5 Å². The van der Waals surface area contributed by atoms with Crippen molar-refractivity contribution in [2.75, 3.05) is 38.8 Å². The first-order chi connectivity index (χ1) is 16.0. The standard InChI is InChI=1S/C24H30N4O4S/c1-5-32-22(29)24(26-13-17-6-7-19(30-3)20(12-17)31-4)9-10-28(15-16(24)2)23-25-14-18-8-11-33-21(18)27-23/h6-8,11-12,14,16,26H,5,9-10,13,15H2,1-4H3. The molecule has 1 aromatic carbocycles. The first-order valence-corrected chi connectivity index (χ1v) is 12.0. The number of rotatable bonds is 8. The second-order valence-corrected chi connectivity index (χ2v) is 9.08. The first kappa shape index (κ1) is 23.3. The summed E-state index contributed by atoms with van der Waals surface area (Å²) < 4.78 is 16.3. The number of nitrogens with one attached hydrogen (secondary N) is 1. The first-order valence-electron chi connectivity index (χ1n) is 11.1. The Morgan fingerprint density at radius 2 is 2.09 bits per heavy atom. The summed E-state index contributed by atoms with van der Waals surface area (Å²) in [6.45, 7) is 6.06. The highest BCUT2D eigenvalue weighted by Crippen LogP contribution is 2.33. The molecule has 1 aliphatic rings. The molecule has 0 bridgehead atoms. The zero-order valence-corrected chi connectivity index (χ0v) is 20.3. The minimum absolute atomic E-state index is 0.0203. The van der Waals surface area contributed by atoms with E-state index in [1.807, 2.05) is 42.8 Å². The van der Waals surface area contributed by atoms with Crippen LogP contribution in [-0.2, 0) is 16.1 Å². The smallest absolute Gasteiger partial charge is 0.326 e. The van der Waals surface area contributed by atoms with Gasteiger partial charge in [-0.3, -0.25) is 10.1 Å². The highest BCUT2D eigenvalue weighted by molar-refractivity contribution is 7.16. The van der Waals surface area contributed by atoms with Crippen LogP contribution >= 0.6 is 11.3 Å². The van der Waals surface area contributed by atoms with Gasteiger partial charge in [0.2, 0.25) is 5.95 Å². The molecule has 1 aliphatic heterocycles. The van der Waals surface area contributed by atoms with Gasteiger partial charge in [0.25, 0.3) is 0 Å². The van der Waals surface area contributed by atoms with Crippen molar-refractivity contribution < 1.29 is 19.0 Å². The lowest BCUT2D eigenvalue weighted by Gasteiger charge is -2.45. The van der Waals surface area contributed by atoms with Crippen LogP contribution in [0.3, 0.4) is 0 Å². The van der Waals surface area contributed by atoms with E-state index in [0.29, 0.717) is 50.1 Å². The van der Waals surface area contributed by atoms with Gasteiger partial charge in [-0.25, -0.2) is 9.97 Å². The minimum atomic E-state index is -0.799. The molecule has 1 saturated heterocycles. The number of hydrogen-bond acceptors (Lipinski definition) is 9. The summed E-state index contributed by atoms with van der Waals surface area (Å²) in [4.78, 5) is 25.6. The molecule has 3 heterocycles. The molecule has 4 rings (SSSR count). The Hall–Kier alpha value is -2.91. The van der Waals surface area contributed by atoms with Crippen LogP contribution in [0.15, 0.2) is 35.8 Å². The van der Waals surface area contributed by atoms with Crippen molar-refractivity contribution in [1.82, 2.24) is 15.3 Å². The maximum Gasteiger partial charge on any atom is 0.326 e. The fourth-order valence-corrected chi connectivity index (χ4v) is 5.10. The fourth-order valence-electron chi connectivity index (χ4n) is 4.36. The van der Waals surface area contributed by atoms with E-state index in [1.165, 1.54) is 0 Å². The fraction of sp³-hybridized carbons (Fsp3) is 0.458. The highest BCUT2D eigenvalue weighted by Gasteiger charge is 2.48. The number of aromatic nitrogens is 2. The van der Waals surface area contributed by atoms with Crippen molar-refractivity contribution in [3.63, 3.8) is 0 Å². The van der Waals surface area contributed by atoms with Crippen molar-refractivity contribution in [3.05, 3.63) is 41.4 Å². The summed E-state index contributed by atoms with van der Waals surface area (Å²) in [5.41, 5.74) is 0.199. The topological polar surface area (TPSA) is 85.8 Å². The molecule has 2 unspecified atom stereocenters. The predicted molar refractivity (Wildman–Crippen MR) is 129 cm³/mol. The van der Waals surface area contributed by atoms with E-state index in [2.05, 4.69) is 22.1 Å². The van der Waals surface area contributed by atoms with Gasteiger partial charge in [-0.15, -0.1) is 11.3 Å². The Labute approximate surface area is 197 Å². The molecule has 176 valence electrons. The molecule has 8 nitrogen and oxygen atoms in total. The molecule has 1 N–H and O–H groups in total. The lowest BCUT2D eigenvalue weighted by atomic mass is 9.78. The zero-order chi connectivity index (χ0) is 23.4. The number of carbonyl (C=O) groups is 1. The molecule has 2 atom stereocenters. The lowest BCUT2D eigenvalue weighted by molar-refractivity contribution is -0.154. The van der Waals surface area contributed by atoms with Gasteiger partial charge >= 0.3 is 5.97 Å². The number of fused-ring (bicyclic) bond motifs is 1. The van der Waals surface area contributed by atoms with E-state index < -0.39 is 5.54 Å². The third-order valence-corrected chi connectivity index (χ3v) is 7.11. The van der Waals surface area contributed by atoms with Crippen molar-refractivity contribution in [1.29, 1.82) is 0 Å². The number of nitrogens with zero attached hydrogens (tertiary/aromatic N) is 3. The number of thiophene rings is 1. The highest BCUT2D eigenvalue weighted by atomic mass is 32.1. The molecule has 0 radical (unpaired) electrons. The van der Waals surface area contributed by atoms with E-state index in [0.717, 1.165) is 15.8 Å². The Balaban J connectivity index is 1.53. The van der Waals surface area contributed by atoms with Crippen LogP contribution in [0.25, 0.3) is 10.2 Å². The number of ether oxygens (including phenoxy) is 3. The summed E-state index contributed by atoms with van der Waals surface area (Å²) in [6.07, 6.45) is 2.45. The summed E-state index contributed by atoms with van der Waals surface area (Å²) in [5, 5.41) is 6.60. The van der Waals surface area contributed by atoms with Crippen LogP contribution in [-0.4, -0.2) is 55.4 Å². The van der Waals surface area contributed by atoms with Gasteiger partial charge in [0, 0.05) is 37.1 Å². The van der Waals surface area contributed by atoms with Gasteiger partial charge in [-0.2, -0.15) is 0 Å². The summed E-state index contributed by atoms with van der Waals surface area (Å²) in [7, 11) is 3.23. The number of esters is 1. The summed E-state index contributed by atoms with van der Waals surface area (Å²) in [6, 6.07) is 7.79. The summed E-state index contributed by atoms with van der Waals surface area (Å²) >= 11 is 1.61. The number of benzene rings is 1. The average Bonchev–Trinajstić information content (AvgIpc) is 3.31. The molecule has 0 spiro atoms. The molecule has 3 aromatic rings. The van der Waals surface area contributed by atoms with Crippen LogP contribution in [0, 0.1) is 5.92 Å². The Morgan fingerprint density at radius 1 is 1.27 bits per heavy atom. The molecule has 1 fully saturated rings. The molecule has 33 heavy (non-hydrogen) atoms. The second-order valence-electron chi connectivity index (χ2n) is 8.18. The largest absolute Gasteiger partial charge is 0.493 e. The molecular weight excluding hydrogens is 440 g/mol. The number of piperidine rings is 1. The third-order valence-electron chi connectivity index (χ3n) is 6.28. The van der Waals surface area contributed by atoms with Crippen LogP contribution in [0.4, 0.5) is 5.95 Å². The number of methoxy groups -OCH3 is 2. The van der Waals surface area contributed by atoms with E-state index in [-0.39, 0.29) is 11.9 Å². The van der Waals surface area contributed by atoms with Crippen LogP contribution in [0.2, 0.25) is 0 Å². The zero-order valence-electron chi connectivity index (χ0n) is 19.5. The van der Waals surface area contributed by atoms with Gasteiger partial charge in [0.1, 0.15) is 10.4 Å². The Kier molecular flexibility index (Phi) is 6.99. The normalized spacial score (nSPS) is 20.6. The Morgan fingerprint density at radius 3 is 2.82 bits per heavy atom. The maximum atomic E-state index is 13.2. The average molecular weight is 471 g/mol. The number of anilines is 1. The van der Waals surface area contributed by atoms with Crippen LogP contribution < -0.4 is 19.7 Å². The SMILES string of the molecule is CCOC(=O)C1(NCc2ccc(OC)c(OC)c2)CCN(c2ncc3ccsc3n2)CC1C. The van der Waals surface area contributed by atoms with Crippen molar-refractivity contribution in [3.8, 4) is 11.5 Å². The quantitative estimate of drug-likeness (QED) is 0.500. The van der Waals surface area contributed by atoms with Crippen LogP contribution in [0.5, 0.6) is 11.5 Å².